The average Bonchev–Trinajstić information content (AvgIpc) is 3.01. The Morgan fingerprint density at radius 2 is 1.80 bits per heavy atom. The highest BCUT2D eigenvalue weighted by molar-refractivity contribution is 9.10. The SMILES string of the molecule is O=C([O-])[C@@H]1[C@H](C(=O)Nc2ccccc2Br)[C@@H]2C=C[C@H]1C2. The maximum absolute atomic E-state index is 12.4. The zero-order valence-electron chi connectivity index (χ0n) is 10.6. The van der Waals surface area contributed by atoms with Crippen LogP contribution in [0.4, 0.5) is 5.69 Å². The fourth-order valence-electron chi connectivity index (χ4n) is 3.28. The zero-order valence-corrected chi connectivity index (χ0v) is 12.2. The van der Waals surface area contributed by atoms with Crippen LogP contribution in [0.3, 0.4) is 0 Å². The first-order chi connectivity index (χ1) is 9.58. The summed E-state index contributed by atoms with van der Waals surface area (Å²) in [4.78, 5) is 23.7. The van der Waals surface area contributed by atoms with E-state index in [0.717, 1.165) is 10.9 Å². The van der Waals surface area contributed by atoms with E-state index in [1.165, 1.54) is 0 Å². The summed E-state index contributed by atoms with van der Waals surface area (Å²) >= 11 is 3.36. The number of anilines is 1. The van der Waals surface area contributed by atoms with Gasteiger partial charge in [0.15, 0.2) is 0 Å². The summed E-state index contributed by atoms with van der Waals surface area (Å²) in [5.41, 5.74) is 0.654. The Morgan fingerprint density at radius 3 is 2.45 bits per heavy atom. The molecular formula is C15H13BrNO3-. The van der Waals surface area contributed by atoms with Gasteiger partial charge >= 0.3 is 0 Å². The highest BCUT2D eigenvalue weighted by Crippen LogP contribution is 2.48. The molecule has 3 rings (SSSR count). The predicted molar refractivity (Wildman–Crippen MR) is 75.5 cm³/mol. The Bertz CT molecular complexity index is 599. The first kappa shape index (κ1) is 13.4. The molecule has 104 valence electrons. The van der Waals surface area contributed by atoms with Crippen molar-refractivity contribution in [2.24, 2.45) is 23.7 Å². The van der Waals surface area contributed by atoms with Crippen LogP contribution < -0.4 is 10.4 Å². The maximum atomic E-state index is 12.4. The molecule has 1 aromatic rings. The molecule has 1 amide bonds. The first-order valence-corrected chi connectivity index (χ1v) is 7.32. The van der Waals surface area contributed by atoms with Crippen molar-refractivity contribution >= 4 is 33.5 Å². The van der Waals surface area contributed by atoms with Gasteiger partial charge in [-0.05, 0) is 46.3 Å². The number of hydrogen-bond acceptors (Lipinski definition) is 3. The average molecular weight is 335 g/mol. The third kappa shape index (κ3) is 2.16. The van der Waals surface area contributed by atoms with Gasteiger partial charge in [0.2, 0.25) is 5.91 Å². The van der Waals surface area contributed by atoms with E-state index in [0.29, 0.717) is 5.69 Å². The van der Waals surface area contributed by atoms with Crippen molar-refractivity contribution < 1.29 is 14.7 Å². The molecule has 0 unspecified atom stereocenters. The second kappa shape index (κ2) is 5.05. The maximum Gasteiger partial charge on any atom is 0.228 e. The third-order valence-electron chi connectivity index (χ3n) is 4.17. The van der Waals surface area contributed by atoms with Gasteiger partial charge in [0.1, 0.15) is 0 Å². The topological polar surface area (TPSA) is 69.2 Å². The number of carbonyl (C=O) groups is 2. The highest BCUT2D eigenvalue weighted by atomic mass is 79.9. The molecule has 1 saturated carbocycles. The highest BCUT2D eigenvalue weighted by Gasteiger charge is 2.48. The van der Waals surface area contributed by atoms with Crippen molar-refractivity contribution in [1.29, 1.82) is 0 Å². The second-order valence-corrected chi connectivity index (χ2v) is 6.14. The summed E-state index contributed by atoms with van der Waals surface area (Å²) in [6.07, 6.45) is 4.58. The lowest BCUT2D eigenvalue weighted by atomic mass is 9.82. The number of carboxylic acid groups (broad SMARTS) is 1. The minimum absolute atomic E-state index is 0.00499. The first-order valence-electron chi connectivity index (χ1n) is 6.52. The van der Waals surface area contributed by atoms with Crippen LogP contribution in [0.5, 0.6) is 0 Å². The number of halogens is 1. The van der Waals surface area contributed by atoms with Gasteiger partial charge in [-0.2, -0.15) is 0 Å². The molecule has 1 aromatic carbocycles. The van der Waals surface area contributed by atoms with E-state index in [1.807, 2.05) is 30.4 Å². The molecule has 2 aliphatic rings. The van der Waals surface area contributed by atoms with Crippen molar-refractivity contribution in [2.75, 3.05) is 5.32 Å². The fourth-order valence-corrected chi connectivity index (χ4v) is 3.66. The molecular weight excluding hydrogens is 322 g/mol. The summed E-state index contributed by atoms with van der Waals surface area (Å²) in [7, 11) is 0. The second-order valence-electron chi connectivity index (χ2n) is 5.29. The van der Waals surface area contributed by atoms with E-state index in [9.17, 15) is 14.7 Å². The van der Waals surface area contributed by atoms with E-state index in [-0.39, 0.29) is 17.7 Å². The number of hydrogen-bond donors (Lipinski definition) is 1. The van der Waals surface area contributed by atoms with Gasteiger partial charge in [0.05, 0.1) is 11.6 Å². The van der Waals surface area contributed by atoms with Gasteiger partial charge in [-0.25, -0.2) is 0 Å². The Hall–Kier alpha value is -1.62. The number of fused-ring (bicyclic) bond motifs is 2. The van der Waals surface area contributed by atoms with Gasteiger partial charge in [-0.3, -0.25) is 4.79 Å². The minimum atomic E-state index is -1.13. The molecule has 2 bridgehead atoms. The monoisotopic (exact) mass is 334 g/mol. The van der Waals surface area contributed by atoms with Crippen molar-refractivity contribution in [3.05, 3.63) is 40.9 Å². The molecule has 4 nitrogen and oxygen atoms in total. The zero-order chi connectivity index (χ0) is 14.3. The summed E-state index contributed by atoms with van der Waals surface area (Å²) in [5, 5.41) is 14.1. The Kier molecular flexibility index (Phi) is 3.38. The van der Waals surface area contributed by atoms with Crippen LogP contribution in [-0.2, 0) is 9.59 Å². The summed E-state index contributed by atoms with van der Waals surface area (Å²) in [5.74, 6) is -2.70. The molecule has 4 atom stereocenters. The van der Waals surface area contributed by atoms with Crippen LogP contribution in [0.25, 0.3) is 0 Å². The molecule has 1 N–H and O–H groups in total. The number of amides is 1. The van der Waals surface area contributed by atoms with Crippen molar-refractivity contribution in [1.82, 2.24) is 0 Å². The molecule has 0 heterocycles. The van der Waals surface area contributed by atoms with Crippen LogP contribution in [-0.4, -0.2) is 11.9 Å². The number of benzene rings is 1. The smallest absolute Gasteiger partial charge is 0.228 e. The molecule has 5 heteroatoms. The Balaban J connectivity index is 1.82. The molecule has 2 aliphatic carbocycles. The van der Waals surface area contributed by atoms with Crippen LogP contribution in [0, 0.1) is 23.7 Å². The molecule has 0 saturated heterocycles. The standard InChI is InChI=1S/C15H14BrNO3/c16-10-3-1-2-4-11(10)17-14(18)12-8-5-6-9(7-8)13(12)15(19)20/h1-6,8-9,12-13H,7H2,(H,17,18)(H,19,20)/p-1/t8-,9+,12-,13+/m1/s1. The summed E-state index contributed by atoms with van der Waals surface area (Å²) in [6, 6.07) is 7.27. The molecule has 0 aromatic heterocycles. The fraction of sp³-hybridized carbons (Fsp3) is 0.333. The van der Waals surface area contributed by atoms with Crippen LogP contribution in [0.15, 0.2) is 40.9 Å². The predicted octanol–water partition coefficient (Wildman–Crippen LogP) is 1.58. The van der Waals surface area contributed by atoms with Crippen LogP contribution in [0.1, 0.15) is 6.42 Å². The minimum Gasteiger partial charge on any atom is -0.550 e. The van der Waals surface area contributed by atoms with Gasteiger partial charge in [0, 0.05) is 16.4 Å². The summed E-state index contributed by atoms with van der Waals surface area (Å²) in [6.45, 7) is 0. The van der Waals surface area contributed by atoms with E-state index in [1.54, 1.807) is 6.07 Å². The molecule has 0 spiro atoms. The van der Waals surface area contributed by atoms with Gasteiger partial charge < -0.3 is 15.2 Å². The lowest BCUT2D eigenvalue weighted by Crippen LogP contribution is -2.42. The Morgan fingerprint density at radius 1 is 1.15 bits per heavy atom. The van der Waals surface area contributed by atoms with E-state index >= 15 is 0 Å². The molecule has 1 fully saturated rings. The number of allylic oxidation sites excluding steroid dienone is 2. The van der Waals surface area contributed by atoms with Crippen molar-refractivity contribution in [3.63, 3.8) is 0 Å². The number of aliphatic carboxylic acids is 1. The van der Waals surface area contributed by atoms with Crippen molar-refractivity contribution in [3.8, 4) is 0 Å². The number of para-hydroxylation sites is 1. The number of rotatable bonds is 3. The quantitative estimate of drug-likeness (QED) is 0.853. The van der Waals surface area contributed by atoms with Crippen LogP contribution in [0.2, 0.25) is 0 Å². The van der Waals surface area contributed by atoms with Gasteiger partial charge in [-0.1, -0.05) is 24.3 Å². The molecule has 0 radical (unpaired) electrons. The number of nitrogens with one attached hydrogen (secondary N) is 1. The normalized spacial score (nSPS) is 30.4. The third-order valence-corrected chi connectivity index (χ3v) is 4.86. The number of carbonyl (C=O) groups excluding carboxylic acids is 2. The van der Waals surface area contributed by atoms with Gasteiger partial charge in [0.25, 0.3) is 0 Å². The van der Waals surface area contributed by atoms with Crippen molar-refractivity contribution in [2.45, 2.75) is 6.42 Å². The lowest BCUT2D eigenvalue weighted by molar-refractivity contribution is -0.313. The molecule has 0 aliphatic heterocycles. The van der Waals surface area contributed by atoms with E-state index in [4.69, 9.17) is 0 Å². The van der Waals surface area contributed by atoms with E-state index < -0.39 is 17.8 Å². The molecule has 20 heavy (non-hydrogen) atoms. The lowest BCUT2D eigenvalue weighted by Gasteiger charge is -2.27. The Labute approximate surface area is 125 Å². The van der Waals surface area contributed by atoms with Crippen LogP contribution >= 0.6 is 15.9 Å². The summed E-state index contributed by atoms with van der Waals surface area (Å²) < 4.78 is 0.775. The largest absolute Gasteiger partial charge is 0.550 e. The van der Waals surface area contributed by atoms with E-state index in [2.05, 4.69) is 21.2 Å². The van der Waals surface area contributed by atoms with Gasteiger partial charge in [-0.15, -0.1) is 0 Å². The number of carboxylic acids is 1.